The Kier molecular flexibility index (Phi) is 5.61. The van der Waals surface area contributed by atoms with Gasteiger partial charge in [0.25, 0.3) is 0 Å². The minimum atomic E-state index is -0.269. The second-order valence-corrected chi connectivity index (χ2v) is 7.17. The number of Topliss-reactive ketones (excluding diaryl/α,β-unsaturated/α-hetero) is 1. The molecule has 126 valence electrons. The van der Waals surface area contributed by atoms with Gasteiger partial charge in [0.15, 0.2) is 0 Å². The molecule has 0 aromatic heterocycles. The van der Waals surface area contributed by atoms with Gasteiger partial charge in [-0.1, -0.05) is 24.6 Å². The van der Waals surface area contributed by atoms with Gasteiger partial charge in [0, 0.05) is 12.3 Å². The summed E-state index contributed by atoms with van der Waals surface area (Å²) >= 11 is 0. The van der Waals surface area contributed by atoms with Crippen LogP contribution in [0.5, 0.6) is 0 Å². The molecule has 3 atom stereocenters. The van der Waals surface area contributed by atoms with Crippen LogP contribution >= 0.6 is 0 Å². The summed E-state index contributed by atoms with van der Waals surface area (Å²) < 4.78 is 4.93. The van der Waals surface area contributed by atoms with Crippen LogP contribution in [0.2, 0.25) is 0 Å². The number of carbonyl (C=O) groups excluding carboxylic acids is 2. The lowest BCUT2D eigenvalue weighted by Gasteiger charge is -2.32. The van der Waals surface area contributed by atoms with Crippen molar-refractivity contribution < 1.29 is 14.3 Å². The summed E-state index contributed by atoms with van der Waals surface area (Å²) in [6.45, 7) is 8.35. The molecule has 0 bridgehead atoms. The zero-order chi connectivity index (χ0) is 17.1. The number of esters is 1. The first-order valence-electron chi connectivity index (χ1n) is 8.50. The van der Waals surface area contributed by atoms with Crippen molar-refractivity contribution in [2.45, 2.75) is 53.4 Å². The van der Waals surface area contributed by atoms with E-state index in [0.717, 1.165) is 36.0 Å². The van der Waals surface area contributed by atoms with Crippen LogP contribution in [-0.4, -0.2) is 18.9 Å². The minimum absolute atomic E-state index is 0.182. The minimum Gasteiger partial charge on any atom is -0.469 e. The van der Waals surface area contributed by atoms with Gasteiger partial charge in [-0.15, -0.1) is 0 Å². The fourth-order valence-corrected chi connectivity index (χ4v) is 3.96. The summed E-state index contributed by atoms with van der Waals surface area (Å²) in [5.41, 5.74) is 4.65. The van der Waals surface area contributed by atoms with Crippen molar-refractivity contribution in [3.05, 3.63) is 34.4 Å². The van der Waals surface area contributed by atoms with Crippen molar-refractivity contribution in [2.24, 2.45) is 17.8 Å². The lowest BCUT2D eigenvalue weighted by atomic mass is 9.71. The molecule has 2 rings (SSSR count). The Balaban J connectivity index is 2.22. The monoisotopic (exact) mass is 316 g/mol. The molecule has 0 spiro atoms. The molecule has 0 saturated heterocycles. The molecule has 0 aliphatic heterocycles. The van der Waals surface area contributed by atoms with Gasteiger partial charge in [-0.3, -0.25) is 9.59 Å². The fraction of sp³-hybridized carbons (Fsp3) is 0.600. The number of hydrogen-bond donors (Lipinski definition) is 0. The van der Waals surface area contributed by atoms with Crippen LogP contribution in [0.1, 0.15) is 48.4 Å². The van der Waals surface area contributed by atoms with Crippen LogP contribution in [0.25, 0.3) is 0 Å². The van der Waals surface area contributed by atoms with Gasteiger partial charge in [0.2, 0.25) is 0 Å². The van der Waals surface area contributed by atoms with Crippen molar-refractivity contribution in [1.82, 2.24) is 0 Å². The highest BCUT2D eigenvalue weighted by molar-refractivity contribution is 5.88. The normalized spacial score (nSPS) is 24.3. The Morgan fingerprint density at radius 2 is 1.70 bits per heavy atom. The fourth-order valence-electron chi connectivity index (χ4n) is 3.96. The molecule has 1 aromatic carbocycles. The van der Waals surface area contributed by atoms with E-state index < -0.39 is 0 Å². The standard InChI is InChI=1S/C20H28O3/c1-12-6-7-16(20(22)23-5)18(10-12)19(21)11-17-14(3)8-13(2)9-15(17)4/h8-9,12,16,18H,6-7,10-11H2,1-5H3. The van der Waals surface area contributed by atoms with Crippen molar-refractivity contribution in [3.63, 3.8) is 0 Å². The van der Waals surface area contributed by atoms with E-state index in [0.29, 0.717) is 12.3 Å². The van der Waals surface area contributed by atoms with Crippen molar-refractivity contribution in [3.8, 4) is 0 Å². The topological polar surface area (TPSA) is 43.4 Å². The van der Waals surface area contributed by atoms with Crippen LogP contribution < -0.4 is 0 Å². The number of ketones is 1. The quantitative estimate of drug-likeness (QED) is 0.790. The van der Waals surface area contributed by atoms with Gasteiger partial charge in [-0.2, -0.15) is 0 Å². The van der Waals surface area contributed by atoms with Gasteiger partial charge in [-0.05, 0) is 62.6 Å². The largest absolute Gasteiger partial charge is 0.469 e. The molecule has 0 heterocycles. The first-order valence-corrected chi connectivity index (χ1v) is 8.50. The molecule has 0 radical (unpaired) electrons. The van der Waals surface area contributed by atoms with E-state index >= 15 is 0 Å². The number of ether oxygens (including phenoxy) is 1. The highest BCUT2D eigenvalue weighted by atomic mass is 16.5. The molecular formula is C20H28O3. The Labute approximate surface area is 139 Å². The highest BCUT2D eigenvalue weighted by Crippen LogP contribution is 2.36. The Hall–Kier alpha value is -1.64. The molecule has 0 N–H and O–H groups in total. The summed E-state index contributed by atoms with van der Waals surface area (Å²) in [6, 6.07) is 4.24. The summed E-state index contributed by atoms with van der Waals surface area (Å²) in [7, 11) is 1.41. The Morgan fingerprint density at radius 3 is 2.26 bits per heavy atom. The molecule has 1 saturated carbocycles. The SMILES string of the molecule is COC(=O)C1CCC(C)CC1C(=O)Cc1c(C)cc(C)cc1C. The van der Waals surface area contributed by atoms with Crippen LogP contribution in [-0.2, 0) is 20.7 Å². The van der Waals surface area contributed by atoms with E-state index in [-0.39, 0.29) is 23.6 Å². The van der Waals surface area contributed by atoms with E-state index in [1.54, 1.807) is 0 Å². The molecule has 1 fully saturated rings. The van der Waals surface area contributed by atoms with Gasteiger partial charge in [-0.25, -0.2) is 0 Å². The Morgan fingerprint density at radius 1 is 1.09 bits per heavy atom. The first kappa shape index (κ1) is 17.7. The van der Waals surface area contributed by atoms with Crippen molar-refractivity contribution in [1.29, 1.82) is 0 Å². The predicted octanol–water partition coefficient (Wildman–Crippen LogP) is 3.95. The number of methoxy groups -OCH3 is 1. The number of aryl methyl sites for hydroxylation is 3. The number of hydrogen-bond acceptors (Lipinski definition) is 3. The maximum Gasteiger partial charge on any atom is 0.309 e. The molecule has 23 heavy (non-hydrogen) atoms. The molecule has 1 aliphatic rings. The van der Waals surface area contributed by atoms with Crippen molar-refractivity contribution >= 4 is 11.8 Å². The average Bonchev–Trinajstić information content (AvgIpc) is 2.49. The van der Waals surface area contributed by atoms with Crippen molar-refractivity contribution in [2.75, 3.05) is 7.11 Å². The van der Waals surface area contributed by atoms with Gasteiger partial charge >= 0.3 is 5.97 Å². The highest BCUT2D eigenvalue weighted by Gasteiger charge is 2.38. The van der Waals surface area contributed by atoms with Crippen LogP contribution in [0.15, 0.2) is 12.1 Å². The smallest absolute Gasteiger partial charge is 0.309 e. The maximum absolute atomic E-state index is 12.9. The van der Waals surface area contributed by atoms with E-state index in [1.807, 2.05) is 0 Å². The summed E-state index contributed by atoms with van der Waals surface area (Å²) in [4.78, 5) is 25.0. The predicted molar refractivity (Wildman–Crippen MR) is 91.4 cm³/mol. The summed E-state index contributed by atoms with van der Waals surface area (Å²) in [6.07, 6.45) is 2.97. The second kappa shape index (κ2) is 7.29. The third-order valence-electron chi connectivity index (χ3n) is 5.22. The molecule has 3 unspecified atom stereocenters. The molecule has 1 aliphatic carbocycles. The summed E-state index contributed by atoms with van der Waals surface area (Å²) in [5, 5.41) is 0. The maximum atomic E-state index is 12.9. The summed E-state index contributed by atoms with van der Waals surface area (Å²) in [5.74, 6) is -0.0271. The number of rotatable bonds is 4. The van der Waals surface area contributed by atoms with Gasteiger partial charge in [0.05, 0.1) is 13.0 Å². The molecular weight excluding hydrogens is 288 g/mol. The van der Waals surface area contributed by atoms with E-state index in [4.69, 9.17) is 4.74 Å². The molecule has 1 aromatic rings. The zero-order valence-corrected chi connectivity index (χ0v) is 14.9. The van der Waals surface area contributed by atoms with E-state index in [1.165, 1.54) is 12.7 Å². The van der Waals surface area contributed by atoms with Crippen LogP contribution in [0, 0.1) is 38.5 Å². The third kappa shape index (κ3) is 4.01. The molecule has 3 heteroatoms. The lowest BCUT2D eigenvalue weighted by Crippen LogP contribution is -2.36. The second-order valence-electron chi connectivity index (χ2n) is 7.17. The van der Waals surface area contributed by atoms with E-state index in [9.17, 15) is 9.59 Å². The lowest BCUT2D eigenvalue weighted by molar-refractivity contribution is -0.152. The molecule has 3 nitrogen and oxygen atoms in total. The average molecular weight is 316 g/mol. The third-order valence-corrected chi connectivity index (χ3v) is 5.22. The number of carbonyl (C=O) groups is 2. The van der Waals surface area contributed by atoms with Crippen LogP contribution in [0.4, 0.5) is 0 Å². The molecule has 0 amide bonds. The number of benzene rings is 1. The van der Waals surface area contributed by atoms with E-state index in [2.05, 4.69) is 39.8 Å². The first-order chi connectivity index (χ1) is 10.8. The van der Waals surface area contributed by atoms with Gasteiger partial charge in [0.1, 0.15) is 5.78 Å². The van der Waals surface area contributed by atoms with Crippen LogP contribution in [0.3, 0.4) is 0 Å². The van der Waals surface area contributed by atoms with Gasteiger partial charge < -0.3 is 4.74 Å². The Bertz CT molecular complexity index is 580. The zero-order valence-electron chi connectivity index (χ0n) is 14.9.